The van der Waals surface area contributed by atoms with Gasteiger partial charge in [-0.3, -0.25) is 14.4 Å². The average molecular weight is 575 g/mol. The number of allylic oxidation sites excluding steroid dienone is 4. The first kappa shape index (κ1) is 27.4. The third kappa shape index (κ3) is 5.22. The molecule has 0 aromatic heterocycles. The van der Waals surface area contributed by atoms with Crippen molar-refractivity contribution in [1.29, 1.82) is 0 Å². The van der Waals surface area contributed by atoms with Crippen molar-refractivity contribution in [3.05, 3.63) is 44.7 Å². The summed E-state index contributed by atoms with van der Waals surface area (Å²) in [5.41, 5.74) is 3.15. The van der Waals surface area contributed by atoms with Crippen LogP contribution in [0.5, 0.6) is 11.5 Å². The number of carbonyl (C=O) groups excluding carboxylic acids is 2. The molecule has 0 unspecified atom stereocenters. The van der Waals surface area contributed by atoms with Gasteiger partial charge < -0.3 is 19.5 Å². The Morgan fingerprint density at radius 2 is 1.57 bits per heavy atom. The first-order chi connectivity index (χ1) is 17.3. The first-order valence-corrected chi connectivity index (χ1v) is 13.6. The number of ether oxygens (including phenoxy) is 2. The number of rotatable bonds is 7. The number of Topliss-reactive ketones (excluding diaryl/α,β-unsaturated/α-hetero) is 2. The van der Waals surface area contributed by atoms with Gasteiger partial charge in [0.2, 0.25) is 0 Å². The molecular weight excluding hydrogens is 538 g/mol. The second kappa shape index (κ2) is 9.93. The quantitative estimate of drug-likeness (QED) is 0.426. The summed E-state index contributed by atoms with van der Waals surface area (Å²) in [6, 6.07) is 3.79. The zero-order valence-corrected chi connectivity index (χ0v) is 24.1. The summed E-state index contributed by atoms with van der Waals surface area (Å²) < 4.78 is 12.1. The van der Waals surface area contributed by atoms with E-state index in [0.717, 1.165) is 17.0 Å². The Labute approximate surface area is 227 Å². The Morgan fingerprint density at radius 1 is 1.03 bits per heavy atom. The molecule has 0 amide bonds. The van der Waals surface area contributed by atoms with Gasteiger partial charge in [0.1, 0.15) is 0 Å². The molecule has 0 fully saturated rings. The summed E-state index contributed by atoms with van der Waals surface area (Å²) in [6.45, 7) is 10.8. The van der Waals surface area contributed by atoms with Gasteiger partial charge >= 0.3 is 5.97 Å². The third-order valence-corrected chi connectivity index (χ3v) is 8.03. The van der Waals surface area contributed by atoms with Crippen molar-refractivity contribution in [2.45, 2.75) is 72.6 Å². The number of hydrogen-bond acceptors (Lipinski definition) is 6. The fourth-order valence-corrected chi connectivity index (χ4v) is 6.70. The lowest BCUT2D eigenvalue weighted by Gasteiger charge is -2.49. The topological polar surface area (TPSA) is 93.1 Å². The van der Waals surface area contributed by atoms with Crippen LogP contribution >= 0.6 is 15.9 Å². The minimum Gasteiger partial charge on any atom is -0.492 e. The predicted molar refractivity (Wildman–Crippen MR) is 144 cm³/mol. The maximum atomic E-state index is 13.8. The monoisotopic (exact) mass is 573 g/mol. The van der Waals surface area contributed by atoms with Crippen molar-refractivity contribution < 1.29 is 29.0 Å². The number of aliphatic carboxylic acids is 1. The Bertz CT molecular complexity index is 1170. The number of carbonyl (C=O) groups is 3. The second-order valence-corrected chi connectivity index (χ2v) is 12.7. The molecular formula is C29H36BrNO6. The van der Waals surface area contributed by atoms with E-state index in [1.54, 1.807) is 7.11 Å². The highest BCUT2D eigenvalue weighted by atomic mass is 79.9. The van der Waals surface area contributed by atoms with E-state index < -0.39 is 11.9 Å². The Balaban J connectivity index is 2.01. The standard InChI is InChI=1S/C29H36BrNO6/c1-7-37-22-11-16(10-17(30)27(22)36-6)24-25-18(12-28(2,3)14-20(25)32)31(9-8-23(34)35)19-13-29(4,5)15-21(33)26(19)24/h10-11,24H,7-9,12-15H2,1-6H3,(H,34,35). The van der Waals surface area contributed by atoms with Gasteiger partial charge in [0.05, 0.1) is 24.6 Å². The van der Waals surface area contributed by atoms with Crippen molar-refractivity contribution in [2.75, 3.05) is 20.3 Å². The molecule has 1 aromatic rings. The van der Waals surface area contributed by atoms with Gasteiger partial charge in [-0.1, -0.05) is 27.7 Å². The molecule has 4 rings (SSSR count). The number of hydrogen-bond donors (Lipinski definition) is 1. The molecule has 1 aromatic carbocycles. The molecule has 0 saturated heterocycles. The third-order valence-electron chi connectivity index (χ3n) is 7.44. The van der Waals surface area contributed by atoms with Crippen molar-refractivity contribution >= 4 is 33.5 Å². The molecule has 1 aliphatic heterocycles. The molecule has 2 aliphatic carbocycles. The molecule has 200 valence electrons. The summed E-state index contributed by atoms with van der Waals surface area (Å²) in [6.07, 6.45) is 1.92. The first-order valence-electron chi connectivity index (χ1n) is 12.8. The predicted octanol–water partition coefficient (Wildman–Crippen LogP) is 6.02. The van der Waals surface area contributed by atoms with Crippen LogP contribution in [0.1, 0.15) is 78.2 Å². The summed E-state index contributed by atoms with van der Waals surface area (Å²) in [4.78, 5) is 41.3. The van der Waals surface area contributed by atoms with Crippen molar-refractivity contribution in [2.24, 2.45) is 10.8 Å². The Kier molecular flexibility index (Phi) is 7.36. The molecule has 8 heteroatoms. The van der Waals surface area contributed by atoms with Crippen LogP contribution in [0.2, 0.25) is 0 Å². The number of nitrogens with zero attached hydrogens (tertiary/aromatic N) is 1. The van der Waals surface area contributed by atoms with Gasteiger partial charge in [-0.25, -0.2) is 0 Å². The van der Waals surface area contributed by atoms with E-state index in [9.17, 15) is 19.5 Å². The molecule has 1 N–H and O–H groups in total. The van der Waals surface area contributed by atoms with Gasteiger partial charge in [-0.2, -0.15) is 0 Å². The van der Waals surface area contributed by atoms with E-state index in [0.29, 0.717) is 59.4 Å². The average Bonchev–Trinajstić information content (AvgIpc) is 2.75. The minimum absolute atomic E-state index is 0.00524. The summed E-state index contributed by atoms with van der Waals surface area (Å²) >= 11 is 3.61. The van der Waals surface area contributed by atoms with Crippen molar-refractivity contribution in [1.82, 2.24) is 4.90 Å². The van der Waals surface area contributed by atoms with Gasteiger partial charge in [-0.05, 0) is 64.2 Å². The molecule has 37 heavy (non-hydrogen) atoms. The van der Waals surface area contributed by atoms with E-state index in [1.807, 2.05) is 24.0 Å². The van der Waals surface area contributed by atoms with Crippen LogP contribution in [0.15, 0.2) is 39.1 Å². The van der Waals surface area contributed by atoms with Crippen LogP contribution in [0.4, 0.5) is 0 Å². The van der Waals surface area contributed by atoms with E-state index >= 15 is 0 Å². The number of benzene rings is 1. The van der Waals surface area contributed by atoms with Crippen molar-refractivity contribution in [3.8, 4) is 11.5 Å². The van der Waals surface area contributed by atoms with Crippen LogP contribution in [0.3, 0.4) is 0 Å². The molecule has 0 spiro atoms. The Morgan fingerprint density at radius 3 is 2.03 bits per heavy atom. The van der Waals surface area contributed by atoms with E-state index in [4.69, 9.17) is 9.47 Å². The largest absolute Gasteiger partial charge is 0.492 e. The number of carboxylic acids is 1. The highest BCUT2D eigenvalue weighted by Gasteiger charge is 2.49. The van der Waals surface area contributed by atoms with Crippen LogP contribution in [0.25, 0.3) is 0 Å². The zero-order chi connectivity index (χ0) is 27.3. The molecule has 0 atom stereocenters. The summed E-state index contributed by atoms with van der Waals surface area (Å²) in [5.74, 6) is -0.343. The molecule has 0 bridgehead atoms. The van der Waals surface area contributed by atoms with Gasteiger partial charge in [0.15, 0.2) is 23.1 Å². The molecule has 1 heterocycles. The fraction of sp³-hybridized carbons (Fsp3) is 0.552. The molecule has 3 aliphatic rings. The normalized spacial score (nSPS) is 21.1. The number of methoxy groups -OCH3 is 1. The van der Waals surface area contributed by atoms with E-state index in [1.165, 1.54) is 0 Å². The number of ketones is 2. The molecule has 7 nitrogen and oxygen atoms in total. The smallest absolute Gasteiger partial charge is 0.305 e. The van der Waals surface area contributed by atoms with Crippen LogP contribution in [-0.2, 0) is 14.4 Å². The lowest BCUT2D eigenvalue weighted by Crippen LogP contribution is -2.45. The highest BCUT2D eigenvalue weighted by molar-refractivity contribution is 9.10. The van der Waals surface area contributed by atoms with Crippen LogP contribution in [0, 0.1) is 10.8 Å². The molecule has 0 radical (unpaired) electrons. The lowest BCUT2D eigenvalue weighted by molar-refractivity contribution is -0.137. The molecule has 0 saturated carbocycles. The van der Waals surface area contributed by atoms with Crippen LogP contribution in [-0.4, -0.2) is 47.8 Å². The van der Waals surface area contributed by atoms with Crippen molar-refractivity contribution in [3.63, 3.8) is 0 Å². The summed E-state index contributed by atoms with van der Waals surface area (Å²) in [5, 5.41) is 9.51. The van der Waals surface area contributed by atoms with E-state index in [-0.39, 0.29) is 35.4 Å². The maximum absolute atomic E-state index is 13.8. The highest BCUT2D eigenvalue weighted by Crippen LogP contribution is 2.55. The Hall–Kier alpha value is -2.61. The second-order valence-electron chi connectivity index (χ2n) is 11.8. The van der Waals surface area contributed by atoms with Gasteiger partial charge in [0.25, 0.3) is 0 Å². The van der Waals surface area contributed by atoms with Gasteiger partial charge in [-0.15, -0.1) is 0 Å². The van der Waals surface area contributed by atoms with Crippen LogP contribution < -0.4 is 9.47 Å². The number of carboxylic acid groups (broad SMARTS) is 1. The fourth-order valence-electron chi connectivity index (χ4n) is 6.07. The SMILES string of the molecule is CCOc1cc(C2C3=C(CC(C)(C)CC3=O)N(CCC(=O)O)C3=C2C(=O)CC(C)(C)C3)cc(Br)c1OC. The summed E-state index contributed by atoms with van der Waals surface area (Å²) in [7, 11) is 1.57. The maximum Gasteiger partial charge on any atom is 0.305 e. The lowest BCUT2D eigenvalue weighted by atomic mass is 9.63. The zero-order valence-electron chi connectivity index (χ0n) is 22.5. The number of halogens is 1. The minimum atomic E-state index is -0.908. The van der Waals surface area contributed by atoms with Gasteiger partial charge in [0, 0.05) is 47.8 Å². The van der Waals surface area contributed by atoms with E-state index in [2.05, 4.69) is 43.6 Å².